The van der Waals surface area contributed by atoms with Crippen molar-refractivity contribution in [2.45, 2.75) is 52.5 Å². The highest BCUT2D eigenvalue weighted by atomic mass is 32.1. The number of aromatic nitrogens is 1. The fourth-order valence-corrected chi connectivity index (χ4v) is 4.19. The van der Waals surface area contributed by atoms with Gasteiger partial charge < -0.3 is 5.32 Å². The van der Waals surface area contributed by atoms with Gasteiger partial charge in [-0.1, -0.05) is 61.4 Å². The maximum atomic E-state index is 13.2. The van der Waals surface area contributed by atoms with Crippen LogP contribution in [-0.4, -0.2) is 22.3 Å². The summed E-state index contributed by atoms with van der Waals surface area (Å²) in [6.07, 6.45) is -2.48. The molecule has 33 heavy (non-hydrogen) atoms. The molecule has 1 amide bonds. The normalized spacial score (nSPS) is 11.7. The Labute approximate surface area is 196 Å². The third-order valence-corrected chi connectivity index (χ3v) is 5.98. The zero-order valence-corrected chi connectivity index (χ0v) is 19.6. The molecule has 0 saturated carbocycles. The molecule has 2 aromatic carbocycles. The molecule has 4 nitrogen and oxygen atoms in total. The van der Waals surface area contributed by atoms with Gasteiger partial charge in [0, 0.05) is 25.0 Å². The summed E-state index contributed by atoms with van der Waals surface area (Å²) in [7, 11) is 0. The number of carbonyl (C=O) groups excluding carboxylic acids is 1. The van der Waals surface area contributed by atoms with E-state index in [4.69, 9.17) is 0 Å². The average Bonchev–Trinajstić information content (AvgIpc) is 3.23. The van der Waals surface area contributed by atoms with E-state index in [1.807, 2.05) is 36.1 Å². The summed E-state index contributed by atoms with van der Waals surface area (Å²) in [4.78, 5) is 18.8. The van der Waals surface area contributed by atoms with Crippen LogP contribution in [-0.2, 0) is 25.8 Å². The van der Waals surface area contributed by atoms with E-state index in [1.165, 1.54) is 23.5 Å². The molecular weight excluding hydrogens is 447 g/mol. The van der Waals surface area contributed by atoms with Gasteiger partial charge in [0.15, 0.2) is 0 Å². The van der Waals surface area contributed by atoms with E-state index in [1.54, 1.807) is 11.4 Å². The van der Waals surface area contributed by atoms with Crippen molar-refractivity contribution in [2.24, 2.45) is 0 Å². The lowest BCUT2D eigenvalue weighted by atomic mass is 10.1. The Morgan fingerprint density at radius 1 is 1.06 bits per heavy atom. The van der Waals surface area contributed by atoms with Crippen LogP contribution < -0.4 is 5.32 Å². The first-order chi connectivity index (χ1) is 15.7. The number of alkyl halides is 3. The summed E-state index contributed by atoms with van der Waals surface area (Å²) in [5.41, 5.74) is 2.49. The number of rotatable bonds is 10. The van der Waals surface area contributed by atoms with Crippen molar-refractivity contribution in [1.82, 2.24) is 15.2 Å². The van der Waals surface area contributed by atoms with Gasteiger partial charge in [0.1, 0.15) is 10.7 Å². The van der Waals surface area contributed by atoms with Crippen molar-refractivity contribution in [3.63, 3.8) is 0 Å². The van der Waals surface area contributed by atoms with Crippen molar-refractivity contribution in [3.05, 3.63) is 86.9 Å². The first-order valence-corrected chi connectivity index (χ1v) is 11.8. The second-order valence-corrected chi connectivity index (χ2v) is 9.01. The monoisotopic (exact) mass is 475 g/mol. The van der Waals surface area contributed by atoms with Gasteiger partial charge in [-0.3, -0.25) is 9.69 Å². The van der Waals surface area contributed by atoms with Crippen molar-refractivity contribution in [1.29, 1.82) is 0 Å². The van der Waals surface area contributed by atoms with Gasteiger partial charge in [-0.05, 0) is 30.5 Å². The van der Waals surface area contributed by atoms with Gasteiger partial charge in [-0.2, -0.15) is 13.2 Å². The third kappa shape index (κ3) is 7.68. The quantitative estimate of drug-likeness (QED) is 0.355. The lowest BCUT2D eigenvalue weighted by Crippen LogP contribution is -2.25. The summed E-state index contributed by atoms with van der Waals surface area (Å²) < 4.78 is 39.5. The van der Waals surface area contributed by atoms with Gasteiger partial charge >= 0.3 is 6.18 Å². The van der Waals surface area contributed by atoms with Gasteiger partial charge in [0.25, 0.3) is 5.91 Å². The minimum Gasteiger partial charge on any atom is -0.351 e. The molecule has 1 heterocycles. The fraction of sp³-hybridized carbons (Fsp3) is 0.360. The predicted octanol–water partition coefficient (Wildman–Crippen LogP) is 6.20. The van der Waals surface area contributed by atoms with Crippen LogP contribution in [0.2, 0.25) is 0 Å². The summed E-state index contributed by atoms with van der Waals surface area (Å²) in [6, 6.07) is 13.5. The SMILES string of the molecule is CCCCNC(=O)c1csc(CN(Cc2ccc(C)cc2)Cc2cccc(C(F)(F)F)c2)n1. The second-order valence-electron chi connectivity index (χ2n) is 8.06. The Hall–Kier alpha value is -2.71. The minimum absolute atomic E-state index is 0.200. The number of aryl methyl sites for hydroxylation is 1. The van der Waals surface area contributed by atoms with E-state index in [0.717, 1.165) is 35.0 Å². The number of thiazole rings is 1. The highest BCUT2D eigenvalue weighted by Gasteiger charge is 2.30. The molecule has 0 fully saturated rings. The second kappa shape index (κ2) is 11.4. The lowest BCUT2D eigenvalue weighted by molar-refractivity contribution is -0.137. The van der Waals surface area contributed by atoms with Crippen molar-refractivity contribution in [3.8, 4) is 0 Å². The van der Waals surface area contributed by atoms with E-state index < -0.39 is 11.7 Å². The van der Waals surface area contributed by atoms with Gasteiger partial charge in [0.05, 0.1) is 12.1 Å². The third-order valence-electron chi connectivity index (χ3n) is 5.15. The lowest BCUT2D eigenvalue weighted by Gasteiger charge is -2.22. The van der Waals surface area contributed by atoms with Gasteiger partial charge in [-0.15, -0.1) is 11.3 Å². The molecule has 1 N–H and O–H groups in total. The van der Waals surface area contributed by atoms with Crippen LogP contribution in [0.5, 0.6) is 0 Å². The van der Waals surface area contributed by atoms with E-state index in [9.17, 15) is 18.0 Å². The molecule has 0 aliphatic rings. The Morgan fingerprint density at radius 3 is 2.48 bits per heavy atom. The molecule has 0 radical (unpaired) electrons. The minimum atomic E-state index is -4.38. The molecule has 1 aromatic heterocycles. The summed E-state index contributed by atoms with van der Waals surface area (Å²) in [5, 5.41) is 5.33. The Bertz CT molecular complexity index is 1050. The number of benzene rings is 2. The number of unbranched alkanes of at least 4 members (excludes halogenated alkanes) is 1. The summed E-state index contributed by atoms with van der Waals surface area (Å²) in [5.74, 6) is -0.200. The van der Waals surface area contributed by atoms with Crippen LogP contribution in [0.1, 0.15) is 57.5 Å². The van der Waals surface area contributed by atoms with Crippen LogP contribution >= 0.6 is 11.3 Å². The zero-order valence-electron chi connectivity index (χ0n) is 18.8. The number of amides is 1. The number of hydrogen-bond donors (Lipinski definition) is 1. The van der Waals surface area contributed by atoms with Crippen molar-refractivity contribution in [2.75, 3.05) is 6.54 Å². The topological polar surface area (TPSA) is 45.2 Å². The van der Waals surface area contributed by atoms with Gasteiger partial charge in [0.2, 0.25) is 0 Å². The summed E-state index contributed by atoms with van der Waals surface area (Å²) in [6.45, 7) is 5.98. The van der Waals surface area contributed by atoms with E-state index in [2.05, 4.69) is 17.2 Å². The molecule has 0 spiro atoms. The zero-order chi connectivity index (χ0) is 23.8. The maximum absolute atomic E-state index is 13.2. The predicted molar refractivity (Wildman–Crippen MR) is 125 cm³/mol. The first kappa shape index (κ1) is 24.9. The Kier molecular flexibility index (Phi) is 8.63. The number of nitrogens with one attached hydrogen (secondary N) is 1. The maximum Gasteiger partial charge on any atom is 0.416 e. The van der Waals surface area contributed by atoms with Gasteiger partial charge in [-0.25, -0.2) is 4.98 Å². The molecule has 8 heteroatoms. The van der Waals surface area contributed by atoms with Crippen LogP contribution in [0.3, 0.4) is 0 Å². The highest BCUT2D eigenvalue weighted by molar-refractivity contribution is 7.09. The van der Waals surface area contributed by atoms with Crippen LogP contribution in [0, 0.1) is 6.92 Å². The molecule has 0 aliphatic carbocycles. The largest absolute Gasteiger partial charge is 0.416 e. The van der Waals surface area contributed by atoms with E-state index in [0.29, 0.717) is 37.4 Å². The molecule has 176 valence electrons. The molecular formula is C25H28F3N3OS. The number of carbonyl (C=O) groups is 1. The Morgan fingerprint density at radius 2 is 1.79 bits per heavy atom. The molecule has 3 aromatic rings. The molecule has 0 bridgehead atoms. The standard InChI is InChI=1S/C25H28F3N3OS/c1-3-4-12-29-24(32)22-17-33-23(30-22)16-31(14-19-10-8-18(2)9-11-19)15-20-6-5-7-21(13-20)25(26,27)28/h5-11,13,17H,3-4,12,14-16H2,1-2H3,(H,29,32). The Balaban J connectivity index is 1.76. The van der Waals surface area contributed by atoms with Crippen molar-refractivity contribution < 1.29 is 18.0 Å². The van der Waals surface area contributed by atoms with Crippen molar-refractivity contribution >= 4 is 17.2 Å². The van der Waals surface area contributed by atoms with Crippen LogP contribution in [0.25, 0.3) is 0 Å². The number of nitrogens with zero attached hydrogens (tertiary/aromatic N) is 2. The van der Waals surface area contributed by atoms with E-state index >= 15 is 0 Å². The average molecular weight is 476 g/mol. The molecule has 0 aliphatic heterocycles. The number of hydrogen-bond acceptors (Lipinski definition) is 4. The van der Waals surface area contributed by atoms with E-state index in [-0.39, 0.29) is 5.91 Å². The highest BCUT2D eigenvalue weighted by Crippen LogP contribution is 2.30. The molecule has 0 unspecified atom stereocenters. The fourth-order valence-electron chi connectivity index (χ4n) is 3.37. The number of halogens is 3. The van der Waals surface area contributed by atoms with Crippen LogP contribution in [0.4, 0.5) is 13.2 Å². The first-order valence-electron chi connectivity index (χ1n) is 10.9. The molecule has 0 atom stereocenters. The van der Waals surface area contributed by atoms with Crippen LogP contribution in [0.15, 0.2) is 53.9 Å². The smallest absolute Gasteiger partial charge is 0.351 e. The molecule has 0 saturated heterocycles. The molecule has 3 rings (SSSR count). The summed E-state index contributed by atoms with van der Waals surface area (Å²) >= 11 is 1.38.